The molecule has 1 unspecified atom stereocenters. The van der Waals surface area contributed by atoms with Crippen LogP contribution < -0.4 is 0 Å². The smallest absolute Gasteiger partial charge is 0.306 e. The fourth-order valence-corrected chi connectivity index (χ4v) is 1.08. The summed E-state index contributed by atoms with van der Waals surface area (Å²) in [5.74, 6) is -0.941. The van der Waals surface area contributed by atoms with Crippen molar-refractivity contribution < 1.29 is 14.6 Å². The molecule has 0 aromatic carbocycles. The third-order valence-electron chi connectivity index (χ3n) is 2.09. The number of unbranched alkanes of at least 4 members (excludes halogenated alkanes) is 1. The number of hydrogen-bond donors (Lipinski definition) is 1. The molecular weight excluding hydrogens is 168 g/mol. The molecule has 0 aliphatic carbocycles. The molecule has 0 radical (unpaired) electrons. The molecular formula is C10H20O3. The molecule has 0 amide bonds. The monoisotopic (exact) mass is 188 g/mol. The van der Waals surface area contributed by atoms with E-state index in [9.17, 15) is 4.79 Å². The Morgan fingerprint density at radius 2 is 2.08 bits per heavy atom. The minimum atomic E-state index is -0.707. The summed E-state index contributed by atoms with van der Waals surface area (Å²) in [7, 11) is 0. The Bertz CT molecular complexity index is 134. The summed E-state index contributed by atoms with van der Waals surface area (Å²) in [6, 6.07) is 0. The Balaban J connectivity index is 3.33. The molecule has 0 heterocycles. The first-order valence-corrected chi connectivity index (χ1v) is 5.02. The van der Waals surface area contributed by atoms with Crippen molar-refractivity contribution >= 4 is 5.97 Å². The average Bonchev–Trinajstić information content (AvgIpc) is 2.10. The minimum Gasteiger partial charge on any atom is -0.481 e. The number of ether oxygens (including phenoxy) is 1. The second-order valence-corrected chi connectivity index (χ2v) is 3.20. The Hall–Kier alpha value is -0.570. The van der Waals surface area contributed by atoms with E-state index in [1.165, 1.54) is 0 Å². The maximum absolute atomic E-state index is 10.6. The first kappa shape index (κ1) is 12.4. The van der Waals surface area contributed by atoms with Crippen LogP contribution in [0.2, 0.25) is 0 Å². The summed E-state index contributed by atoms with van der Waals surface area (Å²) in [4.78, 5) is 10.6. The highest BCUT2D eigenvalue weighted by molar-refractivity contribution is 5.69. The topological polar surface area (TPSA) is 46.5 Å². The summed E-state index contributed by atoms with van der Waals surface area (Å²) >= 11 is 0. The van der Waals surface area contributed by atoms with Crippen molar-refractivity contribution in [3.63, 3.8) is 0 Å². The second-order valence-electron chi connectivity index (χ2n) is 3.20. The van der Waals surface area contributed by atoms with Gasteiger partial charge in [0.05, 0.1) is 5.92 Å². The number of carboxylic acids is 1. The van der Waals surface area contributed by atoms with E-state index in [4.69, 9.17) is 9.84 Å². The molecule has 1 atom stereocenters. The normalized spacial score (nSPS) is 12.8. The van der Waals surface area contributed by atoms with E-state index < -0.39 is 5.97 Å². The van der Waals surface area contributed by atoms with Gasteiger partial charge in [-0.05, 0) is 19.3 Å². The van der Waals surface area contributed by atoms with Gasteiger partial charge in [-0.25, -0.2) is 0 Å². The van der Waals surface area contributed by atoms with Gasteiger partial charge in [0, 0.05) is 13.2 Å². The number of hydrogen-bond acceptors (Lipinski definition) is 2. The van der Waals surface area contributed by atoms with Gasteiger partial charge in [0.1, 0.15) is 0 Å². The molecule has 3 heteroatoms. The van der Waals surface area contributed by atoms with Crippen LogP contribution in [0, 0.1) is 5.92 Å². The average molecular weight is 188 g/mol. The van der Waals surface area contributed by atoms with Crippen LogP contribution in [0.4, 0.5) is 0 Å². The van der Waals surface area contributed by atoms with Crippen molar-refractivity contribution in [2.24, 2.45) is 5.92 Å². The summed E-state index contributed by atoms with van der Waals surface area (Å²) < 4.78 is 5.29. The van der Waals surface area contributed by atoms with E-state index in [1.807, 2.05) is 6.92 Å². The fourth-order valence-electron chi connectivity index (χ4n) is 1.08. The predicted molar refractivity (Wildman–Crippen MR) is 51.8 cm³/mol. The van der Waals surface area contributed by atoms with Crippen LogP contribution in [0.15, 0.2) is 0 Å². The van der Waals surface area contributed by atoms with Gasteiger partial charge in [0.25, 0.3) is 0 Å². The van der Waals surface area contributed by atoms with Crippen molar-refractivity contribution in [2.45, 2.75) is 39.5 Å². The van der Waals surface area contributed by atoms with Crippen LogP contribution in [0.1, 0.15) is 39.5 Å². The molecule has 0 saturated heterocycles. The van der Waals surface area contributed by atoms with Crippen LogP contribution in [0.5, 0.6) is 0 Å². The molecule has 1 N–H and O–H groups in total. The van der Waals surface area contributed by atoms with Crippen LogP contribution in [0.25, 0.3) is 0 Å². The molecule has 3 nitrogen and oxygen atoms in total. The number of carboxylic acid groups (broad SMARTS) is 1. The zero-order valence-electron chi connectivity index (χ0n) is 8.58. The van der Waals surface area contributed by atoms with Crippen molar-refractivity contribution in [3.8, 4) is 0 Å². The van der Waals surface area contributed by atoms with Crippen LogP contribution >= 0.6 is 0 Å². The van der Waals surface area contributed by atoms with Crippen molar-refractivity contribution in [1.29, 1.82) is 0 Å². The maximum atomic E-state index is 10.6. The molecule has 0 aliphatic heterocycles. The first-order valence-electron chi connectivity index (χ1n) is 5.02. The van der Waals surface area contributed by atoms with E-state index >= 15 is 0 Å². The summed E-state index contributed by atoms with van der Waals surface area (Å²) in [5.41, 5.74) is 0. The largest absolute Gasteiger partial charge is 0.481 e. The predicted octanol–water partition coefficient (Wildman–Crippen LogP) is 2.30. The molecule has 0 fully saturated rings. The first-order chi connectivity index (χ1) is 6.22. The lowest BCUT2D eigenvalue weighted by Gasteiger charge is -2.09. The van der Waals surface area contributed by atoms with Crippen molar-refractivity contribution in [2.75, 3.05) is 13.2 Å². The highest BCUT2D eigenvalue weighted by atomic mass is 16.5. The number of carbonyl (C=O) groups is 1. The highest BCUT2D eigenvalue weighted by Gasteiger charge is 2.13. The van der Waals surface area contributed by atoms with Gasteiger partial charge in [-0.15, -0.1) is 0 Å². The summed E-state index contributed by atoms with van der Waals surface area (Å²) in [6.45, 7) is 5.33. The molecule has 0 spiro atoms. The van der Waals surface area contributed by atoms with Crippen molar-refractivity contribution in [1.82, 2.24) is 0 Å². The fraction of sp³-hybridized carbons (Fsp3) is 0.900. The number of rotatable bonds is 8. The van der Waals surface area contributed by atoms with Gasteiger partial charge in [-0.1, -0.05) is 20.3 Å². The molecule has 0 bridgehead atoms. The molecule has 13 heavy (non-hydrogen) atoms. The van der Waals surface area contributed by atoms with Crippen molar-refractivity contribution in [3.05, 3.63) is 0 Å². The van der Waals surface area contributed by atoms with Gasteiger partial charge in [0.2, 0.25) is 0 Å². The molecule has 78 valence electrons. The minimum absolute atomic E-state index is 0.235. The third-order valence-corrected chi connectivity index (χ3v) is 2.09. The van der Waals surface area contributed by atoms with E-state index in [-0.39, 0.29) is 5.92 Å². The molecule has 0 saturated carbocycles. The third kappa shape index (κ3) is 6.58. The summed E-state index contributed by atoms with van der Waals surface area (Å²) in [5, 5.41) is 8.72. The molecule has 0 rings (SSSR count). The lowest BCUT2D eigenvalue weighted by Crippen LogP contribution is -2.15. The van der Waals surface area contributed by atoms with E-state index in [1.54, 1.807) is 0 Å². The zero-order valence-corrected chi connectivity index (χ0v) is 8.58. The Labute approximate surface area is 80.1 Å². The van der Waals surface area contributed by atoms with E-state index in [0.717, 1.165) is 19.4 Å². The van der Waals surface area contributed by atoms with Gasteiger partial charge in [0.15, 0.2) is 0 Å². The van der Waals surface area contributed by atoms with Gasteiger partial charge < -0.3 is 9.84 Å². The van der Waals surface area contributed by atoms with Crippen LogP contribution in [-0.4, -0.2) is 24.3 Å². The quantitative estimate of drug-likeness (QED) is 0.594. The van der Waals surface area contributed by atoms with Gasteiger partial charge in [-0.3, -0.25) is 4.79 Å². The lowest BCUT2D eigenvalue weighted by atomic mass is 10.0. The lowest BCUT2D eigenvalue weighted by molar-refractivity contribution is -0.142. The summed E-state index contributed by atoms with van der Waals surface area (Å²) in [6.07, 6.45) is 3.50. The highest BCUT2D eigenvalue weighted by Crippen LogP contribution is 2.08. The van der Waals surface area contributed by atoms with Crippen LogP contribution in [-0.2, 0) is 9.53 Å². The SMILES string of the molecule is CCCCOCCC(CC)C(=O)O. The molecule has 0 aliphatic rings. The Morgan fingerprint density at radius 3 is 2.54 bits per heavy atom. The van der Waals surface area contributed by atoms with Gasteiger partial charge in [-0.2, -0.15) is 0 Å². The zero-order chi connectivity index (χ0) is 10.1. The molecule has 0 aromatic heterocycles. The number of aliphatic carboxylic acids is 1. The standard InChI is InChI=1S/C10H20O3/c1-3-5-7-13-8-6-9(4-2)10(11)12/h9H,3-8H2,1-2H3,(H,11,12). The Morgan fingerprint density at radius 1 is 1.38 bits per heavy atom. The Kier molecular flexibility index (Phi) is 7.69. The van der Waals surface area contributed by atoms with E-state index in [0.29, 0.717) is 19.4 Å². The van der Waals surface area contributed by atoms with E-state index in [2.05, 4.69) is 6.92 Å². The maximum Gasteiger partial charge on any atom is 0.306 e. The second kappa shape index (κ2) is 8.05. The van der Waals surface area contributed by atoms with Gasteiger partial charge >= 0.3 is 5.97 Å². The van der Waals surface area contributed by atoms with Crippen LogP contribution in [0.3, 0.4) is 0 Å². The molecule has 0 aromatic rings.